The number of thiophene rings is 1. The predicted octanol–water partition coefficient (Wildman–Crippen LogP) is 2.46. The van der Waals surface area contributed by atoms with Gasteiger partial charge in [0.1, 0.15) is 10.8 Å². The van der Waals surface area contributed by atoms with E-state index in [2.05, 4.69) is 34.6 Å². The number of aliphatic hydroxyl groups is 1. The number of nitrogens with one attached hydrogen (secondary N) is 2. The number of rotatable bonds is 1. The maximum absolute atomic E-state index is 9.48. The minimum atomic E-state index is 0.0982. The van der Waals surface area contributed by atoms with Crippen LogP contribution in [-0.2, 0) is 0 Å². The maximum Gasteiger partial charge on any atom is 0.139 e. The highest BCUT2D eigenvalue weighted by atomic mass is 32.1. The Morgan fingerprint density at radius 1 is 1.39 bits per heavy atom. The molecule has 0 spiro atoms. The fourth-order valence-electron chi connectivity index (χ4n) is 3.13. The molecule has 1 saturated heterocycles. The van der Waals surface area contributed by atoms with Gasteiger partial charge < -0.3 is 20.6 Å². The first-order chi connectivity index (χ1) is 11.2. The van der Waals surface area contributed by atoms with Crippen LogP contribution in [0.2, 0.25) is 0 Å². The second kappa shape index (κ2) is 5.96. The molecule has 1 fully saturated rings. The molecule has 2 aromatic rings. The van der Waals surface area contributed by atoms with Crippen LogP contribution in [0.5, 0.6) is 0 Å². The minimum absolute atomic E-state index is 0.0982. The van der Waals surface area contributed by atoms with Gasteiger partial charge >= 0.3 is 0 Å². The van der Waals surface area contributed by atoms with Gasteiger partial charge in [0.25, 0.3) is 0 Å². The number of aliphatic imine (C=N–C) groups is 1. The molecular weight excluding hydrogens is 308 g/mol. The van der Waals surface area contributed by atoms with Crippen LogP contribution in [0.1, 0.15) is 10.4 Å². The van der Waals surface area contributed by atoms with Gasteiger partial charge in [0.15, 0.2) is 0 Å². The van der Waals surface area contributed by atoms with Crippen molar-refractivity contribution in [3.8, 4) is 0 Å². The average Bonchev–Trinajstić information content (AvgIpc) is 2.86. The van der Waals surface area contributed by atoms with Crippen molar-refractivity contribution in [2.45, 2.75) is 13.0 Å². The number of fused-ring (bicyclic) bond motifs is 2. The van der Waals surface area contributed by atoms with E-state index in [0.717, 1.165) is 47.4 Å². The van der Waals surface area contributed by atoms with Gasteiger partial charge in [-0.25, -0.2) is 4.99 Å². The number of amidine groups is 1. The molecule has 1 aromatic carbocycles. The number of aryl methyl sites for hydroxylation is 1. The molecule has 0 amide bonds. The summed E-state index contributed by atoms with van der Waals surface area (Å²) in [5.41, 5.74) is 3.16. The zero-order valence-electron chi connectivity index (χ0n) is 13.0. The molecule has 0 radical (unpaired) electrons. The summed E-state index contributed by atoms with van der Waals surface area (Å²) in [6, 6.07) is 10.4. The van der Waals surface area contributed by atoms with Crippen molar-refractivity contribution in [2.24, 2.45) is 4.99 Å². The Labute approximate surface area is 139 Å². The van der Waals surface area contributed by atoms with Crippen LogP contribution in [0.15, 0.2) is 35.3 Å². The van der Waals surface area contributed by atoms with E-state index in [1.807, 2.05) is 18.2 Å². The maximum atomic E-state index is 9.48. The molecule has 1 atom stereocenters. The van der Waals surface area contributed by atoms with E-state index in [4.69, 9.17) is 4.99 Å². The summed E-state index contributed by atoms with van der Waals surface area (Å²) in [7, 11) is 0. The van der Waals surface area contributed by atoms with Gasteiger partial charge in [-0.15, -0.1) is 11.3 Å². The van der Waals surface area contributed by atoms with Crippen LogP contribution in [0, 0.1) is 6.92 Å². The molecule has 3 N–H and O–H groups in total. The Kier molecular flexibility index (Phi) is 3.80. The van der Waals surface area contributed by atoms with Gasteiger partial charge in [0.2, 0.25) is 0 Å². The quantitative estimate of drug-likeness (QED) is 0.753. The lowest BCUT2D eigenvalue weighted by molar-refractivity contribution is 0.191. The summed E-state index contributed by atoms with van der Waals surface area (Å²) in [6.07, 6.45) is 0. The fraction of sp³-hybridized carbons (Fsp3) is 0.353. The molecule has 120 valence electrons. The van der Waals surface area contributed by atoms with E-state index in [-0.39, 0.29) is 12.6 Å². The van der Waals surface area contributed by atoms with Gasteiger partial charge in [-0.2, -0.15) is 0 Å². The van der Waals surface area contributed by atoms with E-state index in [9.17, 15) is 5.11 Å². The van der Waals surface area contributed by atoms with E-state index < -0.39 is 0 Å². The van der Waals surface area contributed by atoms with Gasteiger partial charge in [-0.3, -0.25) is 0 Å². The van der Waals surface area contributed by atoms with Crippen molar-refractivity contribution < 1.29 is 5.11 Å². The summed E-state index contributed by atoms with van der Waals surface area (Å²) in [6.45, 7) is 4.79. The lowest BCUT2D eigenvalue weighted by Gasteiger charge is -2.34. The number of aliphatic hydroxyl groups excluding tert-OH is 1. The standard InChI is InChI=1S/C17H20N4OS/c1-11-8-13-16(21-7-6-18-12(9-21)10-22)19-14-4-2-3-5-15(14)20-17(13)23-11/h2-5,8,12,18,20,22H,6-7,9-10H2,1H3/t12-/m1/s1. The SMILES string of the molecule is Cc1cc2c(s1)Nc1ccccc1N=C2N1CCN[C@@H](CO)C1. The van der Waals surface area contributed by atoms with Crippen molar-refractivity contribution in [1.29, 1.82) is 0 Å². The summed E-state index contributed by atoms with van der Waals surface area (Å²) in [5.74, 6) is 1.00. The number of anilines is 2. The molecule has 0 aliphatic carbocycles. The largest absolute Gasteiger partial charge is 0.395 e. The molecule has 0 bridgehead atoms. The third-order valence-corrected chi connectivity index (χ3v) is 5.22. The molecule has 0 saturated carbocycles. The summed E-state index contributed by atoms with van der Waals surface area (Å²) < 4.78 is 0. The third-order valence-electron chi connectivity index (χ3n) is 4.25. The van der Waals surface area contributed by atoms with Crippen LogP contribution < -0.4 is 10.6 Å². The van der Waals surface area contributed by atoms with Crippen molar-refractivity contribution in [3.63, 3.8) is 0 Å². The van der Waals surface area contributed by atoms with E-state index in [0.29, 0.717) is 0 Å². The molecule has 6 heteroatoms. The topological polar surface area (TPSA) is 59.9 Å². The number of hydrogen-bond acceptors (Lipinski definition) is 6. The molecule has 0 unspecified atom stereocenters. The zero-order chi connectivity index (χ0) is 15.8. The Morgan fingerprint density at radius 2 is 2.26 bits per heavy atom. The third kappa shape index (κ3) is 2.73. The smallest absolute Gasteiger partial charge is 0.139 e. The lowest BCUT2D eigenvalue weighted by Crippen LogP contribution is -2.54. The highest BCUT2D eigenvalue weighted by Crippen LogP contribution is 2.39. The Hall–Kier alpha value is -1.89. The molecule has 2 aliphatic rings. The van der Waals surface area contributed by atoms with Crippen LogP contribution in [-0.4, -0.2) is 48.1 Å². The molecule has 3 heterocycles. The minimum Gasteiger partial charge on any atom is -0.395 e. The Bertz CT molecular complexity index is 755. The Morgan fingerprint density at radius 3 is 3.13 bits per heavy atom. The summed E-state index contributed by atoms with van der Waals surface area (Å²) >= 11 is 1.76. The highest BCUT2D eigenvalue weighted by Gasteiger charge is 2.27. The number of hydrogen-bond donors (Lipinski definition) is 3. The molecule has 5 nitrogen and oxygen atoms in total. The van der Waals surface area contributed by atoms with Gasteiger partial charge in [-0.1, -0.05) is 12.1 Å². The highest BCUT2D eigenvalue weighted by molar-refractivity contribution is 7.16. The van der Waals surface area contributed by atoms with E-state index >= 15 is 0 Å². The first-order valence-corrected chi connectivity index (χ1v) is 8.71. The molecular formula is C17H20N4OS. The number of para-hydroxylation sites is 2. The Balaban J connectivity index is 1.80. The fourth-order valence-corrected chi connectivity index (χ4v) is 4.05. The van der Waals surface area contributed by atoms with Crippen LogP contribution in [0.3, 0.4) is 0 Å². The first kappa shape index (κ1) is 14.7. The van der Waals surface area contributed by atoms with Crippen LogP contribution >= 0.6 is 11.3 Å². The lowest BCUT2D eigenvalue weighted by atomic mass is 10.1. The molecule has 2 aliphatic heterocycles. The van der Waals surface area contributed by atoms with Crippen LogP contribution in [0.25, 0.3) is 0 Å². The van der Waals surface area contributed by atoms with E-state index in [1.54, 1.807) is 11.3 Å². The van der Waals surface area contributed by atoms with Crippen molar-refractivity contribution >= 4 is 33.5 Å². The van der Waals surface area contributed by atoms with Crippen LogP contribution in [0.4, 0.5) is 16.4 Å². The number of benzene rings is 1. The van der Waals surface area contributed by atoms with Gasteiger partial charge in [-0.05, 0) is 25.1 Å². The van der Waals surface area contributed by atoms with Crippen molar-refractivity contribution in [2.75, 3.05) is 31.6 Å². The second-order valence-electron chi connectivity index (χ2n) is 5.96. The number of nitrogens with zero attached hydrogens (tertiary/aromatic N) is 2. The first-order valence-electron chi connectivity index (χ1n) is 7.89. The second-order valence-corrected chi connectivity index (χ2v) is 7.21. The van der Waals surface area contributed by atoms with Crippen molar-refractivity contribution in [3.05, 3.63) is 40.8 Å². The summed E-state index contributed by atoms with van der Waals surface area (Å²) in [5, 5.41) is 17.5. The normalized spacial score (nSPS) is 20.2. The monoisotopic (exact) mass is 328 g/mol. The average molecular weight is 328 g/mol. The molecule has 4 rings (SSSR count). The molecule has 1 aromatic heterocycles. The van der Waals surface area contributed by atoms with E-state index in [1.165, 1.54) is 4.88 Å². The summed E-state index contributed by atoms with van der Waals surface area (Å²) in [4.78, 5) is 8.51. The number of piperazine rings is 1. The van der Waals surface area contributed by atoms with Gasteiger partial charge in [0, 0.05) is 30.6 Å². The van der Waals surface area contributed by atoms with Crippen molar-refractivity contribution in [1.82, 2.24) is 10.2 Å². The van der Waals surface area contributed by atoms with Gasteiger partial charge in [0.05, 0.1) is 23.5 Å². The molecule has 23 heavy (non-hydrogen) atoms. The predicted molar refractivity (Wildman–Crippen MR) is 95.4 cm³/mol. The zero-order valence-corrected chi connectivity index (χ0v) is 13.9.